The minimum Gasteiger partial charge on any atom is -0.457 e. The number of carbonyl (C=O) groups is 1. The van der Waals surface area contributed by atoms with Crippen LogP contribution >= 0.6 is 7.82 Å². The van der Waals surface area contributed by atoms with Crippen molar-refractivity contribution >= 4 is 13.8 Å². The van der Waals surface area contributed by atoms with Gasteiger partial charge in [-0.15, -0.1) is 0 Å². The summed E-state index contributed by atoms with van der Waals surface area (Å²) in [7, 11) is -4.27. The van der Waals surface area contributed by atoms with E-state index in [0.29, 0.717) is 13.0 Å². The molecule has 0 aliphatic rings. The van der Waals surface area contributed by atoms with Crippen molar-refractivity contribution in [3.05, 3.63) is 12.2 Å². The van der Waals surface area contributed by atoms with Crippen molar-refractivity contribution in [1.29, 1.82) is 0 Å². The van der Waals surface area contributed by atoms with Crippen LogP contribution in [0.3, 0.4) is 0 Å². The molecule has 0 saturated carbocycles. The highest BCUT2D eigenvalue weighted by Crippen LogP contribution is 2.43. The van der Waals surface area contributed by atoms with Gasteiger partial charge in [0, 0.05) is 19.6 Å². The number of phosphoric ester groups is 1. The molecule has 0 aromatic carbocycles. The number of phosphoric acid groups is 1. The molecule has 0 rings (SSSR count). The standard InChI is InChI=1S/C42H84NO7P/c1-3-5-7-9-11-13-15-17-19-21-23-25-27-29-31-33-35-42(44)50-41(40-49-51(45,46)48-38-36-43)39-47-37-34-32-30-28-26-24-22-20-18-16-14-12-10-8-6-4-2/h19,21,41H,3-18,20,22-40,43H2,1-2H3,(H,45,46)/b21-19-/t41-/m1/s1. The second-order valence-electron chi connectivity index (χ2n) is 14.6. The number of hydrogen-bond acceptors (Lipinski definition) is 7. The van der Waals surface area contributed by atoms with E-state index in [9.17, 15) is 14.3 Å². The lowest BCUT2D eigenvalue weighted by Gasteiger charge is -2.20. The topological polar surface area (TPSA) is 117 Å². The number of carbonyl (C=O) groups excluding carboxylic acids is 1. The summed E-state index contributed by atoms with van der Waals surface area (Å²) in [4.78, 5) is 22.5. The van der Waals surface area contributed by atoms with E-state index >= 15 is 0 Å². The molecule has 0 fully saturated rings. The monoisotopic (exact) mass is 746 g/mol. The van der Waals surface area contributed by atoms with Gasteiger partial charge >= 0.3 is 13.8 Å². The van der Waals surface area contributed by atoms with Gasteiger partial charge in [-0.2, -0.15) is 0 Å². The Hall–Kier alpha value is -0.760. The molecule has 0 radical (unpaired) electrons. The lowest BCUT2D eigenvalue weighted by atomic mass is 10.0. The molecule has 0 aromatic heterocycles. The third kappa shape index (κ3) is 40.3. The van der Waals surface area contributed by atoms with Crippen molar-refractivity contribution in [3.63, 3.8) is 0 Å². The van der Waals surface area contributed by atoms with E-state index in [4.69, 9.17) is 24.3 Å². The summed E-state index contributed by atoms with van der Waals surface area (Å²) >= 11 is 0. The molecule has 9 heteroatoms. The maximum absolute atomic E-state index is 12.6. The fourth-order valence-corrected chi connectivity index (χ4v) is 6.99. The number of esters is 1. The van der Waals surface area contributed by atoms with Gasteiger partial charge in [0.2, 0.25) is 0 Å². The van der Waals surface area contributed by atoms with E-state index in [-0.39, 0.29) is 32.3 Å². The van der Waals surface area contributed by atoms with Gasteiger partial charge in [0.25, 0.3) is 0 Å². The molecule has 2 atom stereocenters. The summed E-state index contributed by atoms with van der Waals surface area (Å²) in [5.41, 5.74) is 5.37. The van der Waals surface area contributed by atoms with E-state index in [1.54, 1.807) is 0 Å². The fraction of sp³-hybridized carbons (Fsp3) is 0.929. The van der Waals surface area contributed by atoms with Gasteiger partial charge in [0.05, 0.1) is 19.8 Å². The van der Waals surface area contributed by atoms with Crippen molar-refractivity contribution in [1.82, 2.24) is 0 Å². The fourth-order valence-electron chi connectivity index (χ4n) is 6.23. The second-order valence-corrected chi connectivity index (χ2v) is 16.0. The Labute approximate surface area is 315 Å². The van der Waals surface area contributed by atoms with Gasteiger partial charge in [-0.1, -0.05) is 180 Å². The zero-order chi connectivity index (χ0) is 37.4. The number of rotatable bonds is 42. The second kappa shape index (κ2) is 40.4. The minimum absolute atomic E-state index is 0.0937. The average molecular weight is 746 g/mol. The quantitative estimate of drug-likeness (QED) is 0.0274. The van der Waals surface area contributed by atoms with Crippen LogP contribution < -0.4 is 5.73 Å². The van der Waals surface area contributed by atoms with Crippen LogP contribution in [0, 0.1) is 0 Å². The van der Waals surface area contributed by atoms with Gasteiger partial charge in [-0.05, 0) is 38.5 Å². The summed E-state index contributed by atoms with van der Waals surface area (Å²) < 4.78 is 33.4. The molecule has 0 aromatic rings. The van der Waals surface area contributed by atoms with E-state index in [0.717, 1.165) is 44.9 Å². The number of ether oxygens (including phenoxy) is 2. The summed E-state index contributed by atoms with van der Waals surface area (Å²) in [6, 6.07) is 0. The lowest BCUT2D eigenvalue weighted by Crippen LogP contribution is -2.28. The van der Waals surface area contributed by atoms with Crippen LogP contribution in [-0.4, -0.2) is 49.9 Å². The zero-order valence-corrected chi connectivity index (χ0v) is 34.5. The maximum Gasteiger partial charge on any atom is 0.472 e. The van der Waals surface area contributed by atoms with E-state index in [1.165, 1.54) is 148 Å². The highest BCUT2D eigenvalue weighted by Gasteiger charge is 2.25. The zero-order valence-electron chi connectivity index (χ0n) is 33.6. The van der Waals surface area contributed by atoms with Crippen LogP contribution in [0.25, 0.3) is 0 Å². The Morgan fingerprint density at radius 1 is 0.569 bits per heavy atom. The third-order valence-electron chi connectivity index (χ3n) is 9.43. The normalized spacial score (nSPS) is 13.6. The Kier molecular flexibility index (Phi) is 39.8. The molecule has 0 aliphatic carbocycles. The largest absolute Gasteiger partial charge is 0.472 e. The van der Waals surface area contributed by atoms with Crippen LogP contribution in [0.15, 0.2) is 12.2 Å². The summed E-state index contributed by atoms with van der Waals surface area (Å²) in [6.45, 7) is 4.95. The highest BCUT2D eigenvalue weighted by molar-refractivity contribution is 7.47. The summed E-state index contributed by atoms with van der Waals surface area (Å²) in [5.74, 6) is -0.335. The van der Waals surface area contributed by atoms with Gasteiger partial charge in [-0.25, -0.2) is 4.57 Å². The first kappa shape index (κ1) is 50.2. The molecule has 0 heterocycles. The van der Waals surface area contributed by atoms with Gasteiger partial charge < -0.3 is 20.1 Å². The van der Waals surface area contributed by atoms with Crippen LogP contribution in [0.5, 0.6) is 0 Å². The van der Waals surface area contributed by atoms with Crippen LogP contribution in [0.1, 0.15) is 213 Å². The van der Waals surface area contributed by atoms with E-state index in [2.05, 4.69) is 26.0 Å². The first-order valence-corrected chi connectivity index (χ1v) is 23.2. The molecule has 0 spiro atoms. The maximum atomic E-state index is 12.6. The predicted octanol–water partition coefficient (Wildman–Crippen LogP) is 12.7. The van der Waals surface area contributed by atoms with Crippen LogP contribution in [-0.2, 0) is 27.9 Å². The summed E-state index contributed by atoms with van der Waals surface area (Å²) in [6.07, 6.45) is 42.2. The van der Waals surface area contributed by atoms with Crippen LogP contribution in [0.2, 0.25) is 0 Å². The van der Waals surface area contributed by atoms with Crippen molar-refractivity contribution in [2.45, 2.75) is 219 Å². The third-order valence-corrected chi connectivity index (χ3v) is 10.4. The first-order valence-electron chi connectivity index (χ1n) is 21.7. The Balaban J connectivity index is 4.01. The number of nitrogens with two attached hydrogens (primary N) is 1. The minimum atomic E-state index is -4.27. The van der Waals surface area contributed by atoms with Crippen molar-refractivity contribution in [2.24, 2.45) is 5.73 Å². The average Bonchev–Trinajstić information content (AvgIpc) is 3.12. The lowest BCUT2D eigenvalue weighted by molar-refractivity contribution is -0.154. The smallest absolute Gasteiger partial charge is 0.457 e. The molecule has 8 nitrogen and oxygen atoms in total. The number of unbranched alkanes of at least 4 members (excludes halogenated alkanes) is 27. The van der Waals surface area contributed by atoms with E-state index < -0.39 is 13.9 Å². The van der Waals surface area contributed by atoms with Crippen molar-refractivity contribution in [2.75, 3.05) is 33.0 Å². The molecule has 51 heavy (non-hydrogen) atoms. The molecular formula is C42H84NO7P. The highest BCUT2D eigenvalue weighted by atomic mass is 31.2. The Morgan fingerprint density at radius 2 is 0.980 bits per heavy atom. The molecule has 0 saturated heterocycles. The SMILES string of the molecule is CCCCCCCCC/C=C\CCCCCCCC(=O)O[C@H](COCCCCCCCCCCCCCCCCCC)COP(=O)(O)OCCN. The Bertz CT molecular complexity index is 797. The summed E-state index contributed by atoms with van der Waals surface area (Å²) in [5, 5.41) is 0. The number of hydrogen-bond donors (Lipinski definition) is 2. The van der Waals surface area contributed by atoms with Gasteiger partial charge in [0.1, 0.15) is 6.10 Å². The van der Waals surface area contributed by atoms with Crippen molar-refractivity contribution in [3.8, 4) is 0 Å². The predicted molar refractivity (Wildman–Crippen MR) is 215 cm³/mol. The molecule has 1 unspecified atom stereocenters. The molecule has 0 bridgehead atoms. The molecule has 0 amide bonds. The Morgan fingerprint density at radius 3 is 1.43 bits per heavy atom. The molecule has 3 N–H and O–H groups in total. The molecule has 304 valence electrons. The molecule has 0 aliphatic heterocycles. The number of allylic oxidation sites excluding steroid dienone is 2. The van der Waals surface area contributed by atoms with Crippen LogP contribution in [0.4, 0.5) is 0 Å². The molecular weight excluding hydrogens is 661 g/mol. The van der Waals surface area contributed by atoms with Gasteiger partial charge in [0.15, 0.2) is 0 Å². The van der Waals surface area contributed by atoms with Crippen molar-refractivity contribution < 1.29 is 32.8 Å². The van der Waals surface area contributed by atoms with Gasteiger partial charge in [-0.3, -0.25) is 13.8 Å². The van der Waals surface area contributed by atoms with E-state index in [1.807, 2.05) is 0 Å². The first-order chi connectivity index (χ1) is 24.9.